The number of methoxy groups -OCH3 is 1. The molecular weight excluding hydrogens is 322 g/mol. The van der Waals surface area contributed by atoms with Crippen molar-refractivity contribution >= 4 is 17.8 Å². The van der Waals surface area contributed by atoms with Crippen LogP contribution in [0.1, 0.15) is 25.8 Å². The van der Waals surface area contributed by atoms with E-state index in [1.807, 2.05) is 24.3 Å². The lowest BCUT2D eigenvalue weighted by Gasteiger charge is -2.19. The van der Waals surface area contributed by atoms with Crippen molar-refractivity contribution < 1.29 is 19.1 Å². The summed E-state index contributed by atoms with van der Waals surface area (Å²) in [5.41, 5.74) is 1.08. The van der Waals surface area contributed by atoms with E-state index in [4.69, 9.17) is 4.74 Å². The molecule has 1 aromatic carbocycles. The Morgan fingerprint density at radius 3 is 2.40 bits per heavy atom. The second-order valence-electron chi connectivity index (χ2n) is 5.82. The Hall–Kier alpha value is -2.57. The number of ether oxygens (including phenoxy) is 1. The van der Waals surface area contributed by atoms with Gasteiger partial charge in [0, 0.05) is 19.6 Å². The van der Waals surface area contributed by atoms with Crippen LogP contribution in [0.4, 0.5) is 4.79 Å². The third kappa shape index (κ3) is 4.29. The van der Waals surface area contributed by atoms with E-state index >= 15 is 0 Å². The van der Waals surface area contributed by atoms with Gasteiger partial charge >= 0.3 is 6.03 Å². The van der Waals surface area contributed by atoms with E-state index in [1.165, 1.54) is 9.80 Å². The van der Waals surface area contributed by atoms with E-state index in [2.05, 4.69) is 5.32 Å². The van der Waals surface area contributed by atoms with Gasteiger partial charge in [0.25, 0.3) is 5.91 Å². The zero-order valence-electron chi connectivity index (χ0n) is 14.9. The SMILES string of the molecule is CCN1C(=O)C(CC(=O)NCCc2ccc(OC)cc2)N(CC)C1=O. The molecule has 2 rings (SSSR count). The molecular formula is C18H25N3O4. The summed E-state index contributed by atoms with van der Waals surface area (Å²) in [5, 5.41) is 2.82. The molecule has 0 aromatic heterocycles. The fourth-order valence-corrected chi connectivity index (χ4v) is 2.93. The molecule has 1 aliphatic heterocycles. The molecule has 0 bridgehead atoms. The van der Waals surface area contributed by atoms with Crippen LogP contribution in [-0.2, 0) is 16.0 Å². The molecule has 0 saturated carbocycles. The number of likely N-dealkylation sites (N-methyl/N-ethyl adjacent to an activating group) is 2. The molecule has 1 heterocycles. The zero-order valence-corrected chi connectivity index (χ0v) is 14.9. The standard InChI is InChI=1S/C18H25N3O4/c1-4-20-15(17(23)21(5-2)18(20)24)12-16(22)19-11-10-13-6-8-14(25-3)9-7-13/h6-9,15H,4-5,10-12H2,1-3H3,(H,19,22). The number of urea groups is 1. The highest BCUT2D eigenvalue weighted by Gasteiger charge is 2.44. The van der Waals surface area contributed by atoms with Crippen molar-refractivity contribution in [3.8, 4) is 5.75 Å². The summed E-state index contributed by atoms with van der Waals surface area (Å²) >= 11 is 0. The van der Waals surface area contributed by atoms with Gasteiger partial charge < -0.3 is 15.0 Å². The van der Waals surface area contributed by atoms with Crippen LogP contribution in [0.3, 0.4) is 0 Å². The first kappa shape index (κ1) is 18.8. The normalized spacial score (nSPS) is 17.2. The smallest absolute Gasteiger partial charge is 0.327 e. The van der Waals surface area contributed by atoms with Gasteiger partial charge in [-0.1, -0.05) is 12.1 Å². The van der Waals surface area contributed by atoms with Crippen molar-refractivity contribution in [3.05, 3.63) is 29.8 Å². The molecule has 1 aliphatic rings. The molecule has 7 nitrogen and oxygen atoms in total. The number of amides is 4. The Balaban J connectivity index is 1.84. The topological polar surface area (TPSA) is 79.0 Å². The number of nitrogens with one attached hydrogen (secondary N) is 1. The highest BCUT2D eigenvalue weighted by molar-refractivity contribution is 6.05. The molecule has 25 heavy (non-hydrogen) atoms. The van der Waals surface area contributed by atoms with Gasteiger partial charge in [-0.3, -0.25) is 14.5 Å². The maximum absolute atomic E-state index is 12.3. The van der Waals surface area contributed by atoms with Gasteiger partial charge in [0.05, 0.1) is 13.5 Å². The van der Waals surface area contributed by atoms with Crippen LogP contribution < -0.4 is 10.1 Å². The van der Waals surface area contributed by atoms with Crippen molar-refractivity contribution in [2.45, 2.75) is 32.7 Å². The Kier molecular flexibility index (Phi) is 6.38. The molecule has 1 fully saturated rings. The van der Waals surface area contributed by atoms with E-state index in [-0.39, 0.29) is 24.3 Å². The van der Waals surface area contributed by atoms with Crippen LogP contribution in [0.15, 0.2) is 24.3 Å². The van der Waals surface area contributed by atoms with Gasteiger partial charge in [-0.2, -0.15) is 0 Å². The minimum atomic E-state index is -0.696. The number of carbonyl (C=O) groups excluding carboxylic acids is 3. The van der Waals surface area contributed by atoms with Gasteiger partial charge in [-0.15, -0.1) is 0 Å². The van der Waals surface area contributed by atoms with Crippen molar-refractivity contribution in [1.82, 2.24) is 15.1 Å². The number of imide groups is 1. The average Bonchev–Trinajstić information content (AvgIpc) is 2.84. The second-order valence-corrected chi connectivity index (χ2v) is 5.82. The molecule has 1 N–H and O–H groups in total. The highest BCUT2D eigenvalue weighted by atomic mass is 16.5. The van der Waals surface area contributed by atoms with Crippen LogP contribution in [0.25, 0.3) is 0 Å². The molecule has 1 atom stereocenters. The predicted molar refractivity (Wildman–Crippen MR) is 93.3 cm³/mol. The summed E-state index contributed by atoms with van der Waals surface area (Å²) in [5.74, 6) is 0.271. The van der Waals surface area contributed by atoms with Crippen LogP contribution in [0.2, 0.25) is 0 Å². The number of carbonyl (C=O) groups is 3. The van der Waals surface area contributed by atoms with E-state index in [0.29, 0.717) is 26.1 Å². The summed E-state index contributed by atoms with van der Waals surface area (Å²) in [6, 6.07) is 6.63. The predicted octanol–water partition coefficient (Wildman–Crippen LogP) is 1.42. The largest absolute Gasteiger partial charge is 0.497 e. The quantitative estimate of drug-likeness (QED) is 0.721. The van der Waals surface area contributed by atoms with Gasteiger partial charge in [-0.25, -0.2) is 4.79 Å². The minimum Gasteiger partial charge on any atom is -0.497 e. The first-order valence-corrected chi connectivity index (χ1v) is 8.53. The Morgan fingerprint density at radius 2 is 1.84 bits per heavy atom. The lowest BCUT2D eigenvalue weighted by atomic mass is 10.1. The van der Waals surface area contributed by atoms with E-state index in [9.17, 15) is 14.4 Å². The molecule has 136 valence electrons. The monoisotopic (exact) mass is 347 g/mol. The lowest BCUT2D eigenvalue weighted by Crippen LogP contribution is -2.39. The number of rotatable bonds is 8. The minimum absolute atomic E-state index is 0.00245. The fraction of sp³-hybridized carbons (Fsp3) is 0.500. The van der Waals surface area contributed by atoms with Crippen molar-refractivity contribution in [2.75, 3.05) is 26.7 Å². The number of nitrogens with zero attached hydrogens (tertiary/aromatic N) is 2. The summed E-state index contributed by atoms with van der Waals surface area (Å²) in [6.45, 7) is 4.76. The average molecular weight is 347 g/mol. The van der Waals surface area contributed by atoms with Crippen LogP contribution in [0.5, 0.6) is 5.75 Å². The Morgan fingerprint density at radius 1 is 1.16 bits per heavy atom. The molecule has 4 amide bonds. The maximum atomic E-state index is 12.3. The molecule has 0 aliphatic carbocycles. The second kappa shape index (κ2) is 8.50. The van der Waals surface area contributed by atoms with Gasteiger partial charge in [-0.05, 0) is 38.0 Å². The fourth-order valence-electron chi connectivity index (χ4n) is 2.93. The summed E-state index contributed by atoms with van der Waals surface area (Å²) < 4.78 is 5.11. The number of benzene rings is 1. The summed E-state index contributed by atoms with van der Waals surface area (Å²) in [7, 11) is 1.61. The molecule has 0 spiro atoms. The van der Waals surface area contributed by atoms with Crippen LogP contribution in [-0.4, -0.2) is 60.4 Å². The molecule has 7 heteroatoms. The maximum Gasteiger partial charge on any atom is 0.327 e. The van der Waals surface area contributed by atoms with E-state index in [1.54, 1.807) is 21.0 Å². The van der Waals surface area contributed by atoms with Crippen LogP contribution in [0, 0.1) is 0 Å². The van der Waals surface area contributed by atoms with Gasteiger partial charge in [0.1, 0.15) is 11.8 Å². The lowest BCUT2D eigenvalue weighted by molar-refractivity contribution is -0.131. The molecule has 0 radical (unpaired) electrons. The summed E-state index contributed by atoms with van der Waals surface area (Å²) in [4.78, 5) is 39.2. The third-order valence-electron chi connectivity index (χ3n) is 4.33. The first-order valence-electron chi connectivity index (χ1n) is 8.53. The number of hydrogen-bond donors (Lipinski definition) is 1. The number of hydrogen-bond acceptors (Lipinski definition) is 4. The summed E-state index contributed by atoms with van der Waals surface area (Å²) in [6.07, 6.45) is 0.684. The molecule has 1 unspecified atom stereocenters. The van der Waals surface area contributed by atoms with Crippen molar-refractivity contribution in [3.63, 3.8) is 0 Å². The zero-order chi connectivity index (χ0) is 18.4. The van der Waals surface area contributed by atoms with Crippen molar-refractivity contribution in [2.24, 2.45) is 0 Å². The molecule has 1 aromatic rings. The first-order chi connectivity index (χ1) is 12.0. The Labute approximate surface area is 147 Å². The van der Waals surface area contributed by atoms with Gasteiger partial charge in [0.2, 0.25) is 5.91 Å². The molecule has 1 saturated heterocycles. The van der Waals surface area contributed by atoms with Gasteiger partial charge in [0.15, 0.2) is 0 Å². The van der Waals surface area contributed by atoms with Crippen LogP contribution >= 0.6 is 0 Å². The van der Waals surface area contributed by atoms with E-state index < -0.39 is 6.04 Å². The Bertz CT molecular complexity index is 630. The van der Waals surface area contributed by atoms with E-state index in [0.717, 1.165) is 11.3 Å². The van der Waals surface area contributed by atoms with Crippen molar-refractivity contribution in [1.29, 1.82) is 0 Å². The third-order valence-corrected chi connectivity index (χ3v) is 4.33. The highest BCUT2D eigenvalue weighted by Crippen LogP contribution is 2.19.